The lowest BCUT2D eigenvalue weighted by atomic mass is 9.92. The molecule has 0 unspecified atom stereocenters. The highest BCUT2D eigenvalue weighted by atomic mass is 15.0. The number of nitrogens with zero attached hydrogens (tertiary/aromatic N) is 2. The normalized spacial score (nSPS) is 11.8. The summed E-state index contributed by atoms with van der Waals surface area (Å²) < 4.78 is 2.09. The Morgan fingerprint density at radius 3 is 2.40 bits per heavy atom. The Kier molecular flexibility index (Phi) is 3.39. The predicted octanol–water partition coefficient (Wildman–Crippen LogP) is 4.57. The number of nitrogens with one attached hydrogen (secondary N) is 1. The van der Waals surface area contributed by atoms with E-state index in [1.807, 2.05) is 18.7 Å². The van der Waals surface area contributed by atoms with Crippen LogP contribution in [-0.2, 0) is 13.1 Å². The summed E-state index contributed by atoms with van der Waals surface area (Å²) in [5.74, 6) is 0. The van der Waals surface area contributed by atoms with E-state index in [2.05, 4.69) is 69.5 Å². The van der Waals surface area contributed by atoms with Gasteiger partial charge in [-0.25, -0.2) is 4.98 Å². The van der Waals surface area contributed by atoms with Crippen LogP contribution in [0, 0.1) is 0 Å². The molecule has 3 nitrogen and oxygen atoms in total. The molecule has 1 heterocycles. The minimum atomic E-state index is 0.878. The molecule has 0 saturated carbocycles. The molecule has 0 spiro atoms. The van der Waals surface area contributed by atoms with Crippen LogP contribution in [0.3, 0.4) is 0 Å². The van der Waals surface area contributed by atoms with Crippen molar-refractivity contribution in [1.29, 1.82) is 0 Å². The van der Waals surface area contributed by atoms with Crippen molar-refractivity contribution in [3.8, 4) is 0 Å². The molecule has 0 radical (unpaired) electrons. The van der Waals surface area contributed by atoms with E-state index < -0.39 is 0 Å². The SMILES string of the molecule is c1cc2ccc3ccc(CNCCn4ccnc4)c4ccc(c1)c2c34. The van der Waals surface area contributed by atoms with Gasteiger partial charge in [-0.3, -0.25) is 0 Å². The van der Waals surface area contributed by atoms with E-state index >= 15 is 0 Å². The Bertz CT molecular complexity index is 1130. The van der Waals surface area contributed by atoms with Crippen molar-refractivity contribution < 1.29 is 0 Å². The third-order valence-corrected chi connectivity index (χ3v) is 5.04. The molecule has 0 bridgehead atoms. The topological polar surface area (TPSA) is 29.9 Å². The lowest BCUT2D eigenvalue weighted by molar-refractivity contribution is 0.599. The fourth-order valence-electron chi connectivity index (χ4n) is 3.80. The number of hydrogen-bond donors (Lipinski definition) is 1. The van der Waals surface area contributed by atoms with Gasteiger partial charge in [0.05, 0.1) is 6.33 Å². The monoisotopic (exact) mass is 325 g/mol. The second-order valence-electron chi connectivity index (χ2n) is 6.56. The Labute approximate surface area is 146 Å². The molecule has 0 aliphatic rings. The van der Waals surface area contributed by atoms with Crippen molar-refractivity contribution in [2.75, 3.05) is 6.54 Å². The van der Waals surface area contributed by atoms with Gasteiger partial charge in [-0.2, -0.15) is 0 Å². The molecule has 0 aliphatic carbocycles. The van der Waals surface area contributed by atoms with Crippen LogP contribution in [0.15, 0.2) is 73.3 Å². The Balaban J connectivity index is 1.50. The summed E-state index contributed by atoms with van der Waals surface area (Å²) in [6.07, 6.45) is 5.68. The fourth-order valence-corrected chi connectivity index (χ4v) is 3.80. The summed E-state index contributed by atoms with van der Waals surface area (Å²) in [5.41, 5.74) is 1.36. The Morgan fingerprint density at radius 1 is 0.840 bits per heavy atom. The highest BCUT2D eigenvalue weighted by molar-refractivity contribution is 6.23. The van der Waals surface area contributed by atoms with Crippen LogP contribution in [0.2, 0.25) is 0 Å². The molecule has 5 aromatic rings. The van der Waals surface area contributed by atoms with Gasteiger partial charge in [0.1, 0.15) is 0 Å². The highest BCUT2D eigenvalue weighted by Crippen LogP contribution is 2.35. The van der Waals surface area contributed by atoms with Gasteiger partial charge in [0.25, 0.3) is 0 Å². The van der Waals surface area contributed by atoms with Gasteiger partial charge in [-0.15, -0.1) is 0 Å². The van der Waals surface area contributed by atoms with E-state index in [1.54, 1.807) is 0 Å². The number of benzene rings is 4. The molecule has 3 heteroatoms. The Hall–Kier alpha value is -2.91. The van der Waals surface area contributed by atoms with Gasteiger partial charge in [-0.05, 0) is 37.9 Å². The van der Waals surface area contributed by atoms with Crippen LogP contribution in [0.1, 0.15) is 5.56 Å². The first-order valence-corrected chi connectivity index (χ1v) is 8.72. The van der Waals surface area contributed by atoms with E-state index in [4.69, 9.17) is 0 Å². The van der Waals surface area contributed by atoms with E-state index in [-0.39, 0.29) is 0 Å². The maximum Gasteiger partial charge on any atom is 0.0946 e. The smallest absolute Gasteiger partial charge is 0.0946 e. The summed E-state index contributed by atoms with van der Waals surface area (Å²) in [6.45, 7) is 2.74. The molecule has 4 aromatic carbocycles. The fraction of sp³-hybridized carbons (Fsp3) is 0.136. The van der Waals surface area contributed by atoms with Crippen molar-refractivity contribution >= 4 is 32.3 Å². The van der Waals surface area contributed by atoms with Gasteiger partial charge in [0.15, 0.2) is 0 Å². The lowest BCUT2D eigenvalue weighted by Crippen LogP contribution is -2.19. The highest BCUT2D eigenvalue weighted by Gasteiger charge is 2.10. The third-order valence-electron chi connectivity index (χ3n) is 5.04. The standard InChI is InChI=1S/C22H19N3/c1-2-16-4-5-18-6-7-19(14-23-10-12-25-13-11-24-15-25)20-9-8-17(3-1)21(16)22(18)20/h1-9,11,13,15,23H,10,12,14H2. The van der Waals surface area contributed by atoms with E-state index in [0.29, 0.717) is 0 Å². The molecule has 1 aromatic heterocycles. The molecule has 0 aliphatic heterocycles. The first-order valence-electron chi connectivity index (χ1n) is 8.72. The molecule has 0 amide bonds. The first kappa shape index (κ1) is 14.4. The van der Waals surface area contributed by atoms with Crippen LogP contribution in [0.5, 0.6) is 0 Å². The average Bonchev–Trinajstić information content (AvgIpc) is 3.17. The van der Waals surface area contributed by atoms with Crippen molar-refractivity contribution in [2.24, 2.45) is 0 Å². The lowest BCUT2D eigenvalue weighted by Gasteiger charge is -2.14. The third kappa shape index (κ3) is 2.44. The van der Waals surface area contributed by atoms with Crippen molar-refractivity contribution in [3.05, 3.63) is 78.9 Å². The molecule has 122 valence electrons. The molecule has 0 fully saturated rings. The minimum absolute atomic E-state index is 0.878. The molecule has 5 rings (SSSR count). The second kappa shape index (κ2) is 5.87. The van der Waals surface area contributed by atoms with Crippen molar-refractivity contribution in [2.45, 2.75) is 13.1 Å². The zero-order chi connectivity index (χ0) is 16.6. The van der Waals surface area contributed by atoms with Crippen LogP contribution in [0.4, 0.5) is 0 Å². The molecule has 1 N–H and O–H groups in total. The maximum absolute atomic E-state index is 4.08. The Morgan fingerprint density at radius 2 is 1.60 bits per heavy atom. The van der Waals surface area contributed by atoms with Gasteiger partial charge in [0, 0.05) is 32.0 Å². The van der Waals surface area contributed by atoms with Crippen molar-refractivity contribution in [3.63, 3.8) is 0 Å². The quantitative estimate of drug-likeness (QED) is 0.379. The summed E-state index contributed by atoms with van der Waals surface area (Å²) in [4.78, 5) is 4.08. The van der Waals surface area contributed by atoms with Gasteiger partial charge in [-0.1, -0.05) is 54.6 Å². The van der Waals surface area contributed by atoms with Crippen LogP contribution in [-0.4, -0.2) is 16.1 Å². The predicted molar refractivity (Wildman–Crippen MR) is 104 cm³/mol. The maximum atomic E-state index is 4.08. The molecular weight excluding hydrogens is 306 g/mol. The number of rotatable bonds is 5. The number of aromatic nitrogens is 2. The minimum Gasteiger partial charge on any atom is -0.336 e. The van der Waals surface area contributed by atoms with E-state index in [1.165, 1.54) is 37.9 Å². The van der Waals surface area contributed by atoms with E-state index in [0.717, 1.165) is 19.6 Å². The summed E-state index contributed by atoms with van der Waals surface area (Å²) >= 11 is 0. The molecule has 0 atom stereocenters. The van der Waals surface area contributed by atoms with Crippen molar-refractivity contribution in [1.82, 2.24) is 14.9 Å². The van der Waals surface area contributed by atoms with Crippen LogP contribution < -0.4 is 5.32 Å². The van der Waals surface area contributed by atoms with E-state index in [9.17, 15) is 0 Å². The van der Waals surface area contributed by atoms with Crippen LogP contribution >= 0.6 is 0 Å². The number of imidazole rings is 1. The summed E-state index contributed by atoms with van der Waals surface area (Å²) in [6, 6.07) is 20.0. The number of hydrogen-bond acceptors (Lipinski definition) is 2. The first-order chi connectivity index (χ1) is 12.4. The average molecular weight is 325 g/mol. The van der Waals surface area contributed by atoms with Crippen LogP contribution in [0.25, 0.3) is 32.3 Å². The molecule has 0 saturated heterocycles. The van der Waals surface area contributed by atoms with Gasteiger partial charge < -0.3 is 9.88 Å². The summed E-state index contributed by atoms with van der Waals surface area (Å²) in [7, 11) is 0. The zero-order valence-electron chi connectivity index (χ0n) is 13.9. The van der Waals surface area contributed by atoms with Gasteiger partial charge in [0.2, 0.25) is 0 Å². The van der Waals surface area contributed by atoms with Gasteiger partial charge >= 0.3 is 0 Å². The molecular formula is C22H19N3. The largest absolute Gasteiger partial charge is 0.336 e. The summed E-state index contributed by atoms with van der Waals surface area (Å²) in [5, 5.41) is 11.7. The second-order valence-corrected chi connectivity index (χ2v) is 6.56. The zero-order valence-corrected chi connectivity index (χ0v) is 13.9. The molecule has 25 heavy (non-hydrogen) atoms.